The quantitative estimate of drug-likeness (QED) is 0.874. The fourth-order valence-corrected chi connectivity index (χ4v) is 3.28. The summed E-state index contributed by atoms with van der Waals surface area (Å²) < 4.78 is 5.66. The number of hydrogen-bond donors (Lipinski definition) is 2. The van der Waals surface area contributed by atoms with E-state index in [-0.39, 0.29) is 5.92 Å². The lowest BCUT2D eigenvalue weighted by atomic mass is 9.73. The maximum absolute atomic E-state index is 11.7. The number of ether oxygens (including phenoxy) is 1. The van der Waals surface area contributed by atoms with Gasteiger partial charge in [-0.2, -0.15) is 0 Å². The minimum atomic E-state index is -0.677. The van der Waals surface area contributed by atoms with E-state index in [1.54, 1.807) is 0 Å². The first-order valence-electron chi connectivity index (χ1n) is 6.87. The monoisotopic (exact) mass is 261 g/mol. The van der Waals surface area contributed by atoms with Crippen molar-refractivity contribution in [3.8, 4) is 5.75 Å². The number of hydrogen-bond acceptors (Lipinski definition) is 3. The Hall–Kier alpha value is -1.55. The number of fused-ring (bicyclic) bond motifs is 1. The lowest BCUT2D eigenvalue weighted by Gasteiger charge is -2.35. The average Bonchev–Trinajstić information content (AvgIpc) is 2.83. The van der Waals surface area contributed by atoms with Crippen LogP contribution in [0.25, 0.3) is 0 Å². The molecule has 0 radical (unpaired) electrons. The molecule has 2 atom stereocenters. The minimum absolute atomic E-state index is 0.201. The highest BCUT2D eigenvalue weighted by molar-refractivity contribution is 5.75. The normalized spacial score (nSPS) is 29.6. The predicted molar refractivity (Wildman–Crippen MR) is 71.5 cm³/mol. The highest BCUT2D eigenvalue weighted by Gasteiger charge is 2.43. The third-order valence-corrected chi connectivity index (χ3v) is 4.36. The topological polar surface area (TPSA) is 58.6 Å². The van der Waals surface area contributed by atoms with Crippen molar-refractivity contribution in [1.82, 2.24) is 5.32 Å². The number of rotatable bonds is 3. The van der Waals surface area contributed by atoms with Crippen LogP contribution in [0.3, 0.4) is 0 Å². The van der Waals surface area contributed by atoms with Crippen molar-refractivity contribution < 1.29 is 14.6 Å². The Balaban J connectivity index is 1.82. The molecule has 2 N–H and O–H groups in total. The van der Waals surface area contributed by atoms with Gasteiger partial charge in [0, 0.05) is 18.0 Å². The smallest absolute Gasteiger partial charge is 0.310 e. The molecule has 2 unspecified atom stereocenters. The summed E-state index contributed by atoms with van der Waals surface area (Å²) >= 11 is 0. The maximum atomic E-state index is 11.7. The van der Waals surface area contributed by atoms with Crippen molar-refractivity contribution in [3.63, 3.8) is 0 Å². The maximum Gasteiger partial charge on any atom is 0.310 e. The average molecular weight is 261 g/mol. The number of carboxylic acid groups (broad SMARTS) is 1. The van der Waals surface area contributed by atoms with Gasteiger partial charge in [0.15, 0.2) is 0 Å². The molecule has 2 aliphatic heterocycles. The van der Waals surface area contributed by atoms with Crippen molar-refractivity contribution in [1.29, 1.82) is 0 Å². The first kappa shape index (κ1) is 12.5. The number of carbonyl (C=O) groups is 1. The summed E-state index contributed by atoms with van der Waals surface area (Å²) in [4.78, 5) is 11.7. The van der Waals surface area contributed by atoms with Crippen LogP contribution in [0.1, 0.15) is 30.7 Å². The van der Waals surface area contributed by atoms with E-state index < -0.39 is 11.4 Å². The van der Waals surface area contributed by atoms with Crippen molar-refractivity contribution in [3.05, 3.63) is 29.8 Å². The van der Waals surface area contributed by atoms with Gasteiger partial charge in [0.25, 0.3) is 0 Å². The molecule has 2 aliphatic rings. The highest BCUT2D eigenvalue weighted by atomic mass is 16.5. The lowest BCUT2D eigenvalue weighted by Crippen LogP contribution is -2.46. The van der Waals surface area contributed by atoms with Gasteiger partial charge in [-0.3, -0.25) is 4.79 Å². The zero-order chi connectivity index (χ0) is 13.3. The van der Waals surface area contributed by atoms with Gasteiger partial charge in [-0.25, -0.2) is 0 Å². The third-order valence-electron chi connectivity index (χ3n) is 4.36. The molecular weight excluding hydrogens is 242 g/mol. The van der Waals surface area contributed by atoms with Crippen molar-refractivity contribution in [2.24, 2.45) is 5.41 Å². The molecule has 0 bridgehead atoms. The Morgan fingerprint density at radius 3 is 3.05 bits per heavy atom. The summed E-state index contributed by atoms with van der Waals surface area (Å²) in [6.45, 7) is 2.10. The summed E-state index contributed by atoms with van der Waals surface area (Å²) in [6, 6.07) is 7.96. The number of para-hydroxylation sites is 1. The van der Waals surface area contributed by atoms with E-state index in [1.807, 2.05) is 18.2 Å². The highest BCUT2D eigenvalue weighted by Crippen LogP contribution is 2.43. The van der Waals surface area contributed by atoms with Crippen molar-refractivity contribution >= 4 is 5.97 Å². The summed E-state index contributed by atoms with van der Waals surface area (Å²) in [5.74, 6) is 0.438. The second kappa shape index (κ2) is 4.85. The summed E-state index contributed by atoms with van der Waals surface area (Å²) in [5.41, 5.74) is 0.526. The molecule has 0 spiro atoms. The number of piperidine rings is 1. The molecule has 0 amide bonds. The molecule has 4 heteroatoms. The van der Waals surface area contributed by atoms with Gasteiger partial charge >= 0.3 is 5.97 Å². The second-order valence-electron chi connectivity index (χ2n) is 5.62. The van der Waals surface area contributed by atoms with E-state index in [9.17, 15) is 9.90 Å². The molecule has 102 valence electrons. The number of nitrogens with one attached hydrogen (secondary N) is 1. The first-order chi connectivity index (χ1) is 9.21. The number of aliphatic carboxylic acids is 1. The van der Waals surface area contributed by atoms with Crippen LogP contribution in [-0.2, 0) is 4.79 Å². The van der Waals surface area contributed by atoms with Gasteiger partial charge in [-0.05, 0) is 31.9 Å². The Bertz CT molecular complexity index is 480. The summed E-state index contributed by atoms with van der Waals surface area (Å²) in [6.07, 6.45) is 2.35. The molecule has 0 saturated carbocycles. The zero-order valence-corrected chi connectivity index (χ0v) is 10.9. The predicted octanol–water partition coefficient (Wildman–Crippen LogP) is 2.01. The summed E-state index contributed by atoms with van der Waals surface area (Å²) in [5, 5.41) is 12.8. The van der Waals surface area contributed by atoms with E-state index in [2.05, 4.69) is 11.4 Å². The Kier molecular flexibility index (Phi) is 3.19. The van der Waals surface area contributed by atoms with Crippen LogP contribution in [0.2, 0.25) is 0 Å². The molecule has 1 saturated heterocycles. The molecule has 4 nitrogen and oxygen atoms in total. The van der Waals surface area contributed by atoms with Crippen LogP contribution in [0.4, 0.5) is 0 Å². The van der Waals surface area contributed by atoms with E-state index in [0.29, 0.717) is 19.6 Å². The molecule has 0 aromatic heterocycles. The Morgan fingerprint density at radius 2 is 2.32 bits per heavy atom. The van der Waals surface area contributed by atoms with Crippen LogP contribution in [-0.4, -0.2) is 30.8 Å². The molecular formula is C15H19NO3. The van der Waals surface area contributed by atoms with Gasteiger partial charge in [0.2, 0.25) is 0 Å². The van der Waals surface area contributed by atoms with E-state index in [4.69, 9.17) is 4.74 Å². The molecule has 19 heavy (non-hydrogen) atoms. The molecule has 3 rings (SSSR count). The van der Waals surface area contributed by atoms with Crippen LogP contribution >= 0.6 is 0 Å². The standard InChI is InChI=1S/C15H19NO3/c17-14(18)15(6-3-7-16-10-15)8-11-9-19-13-5-2-1-4-12(11)13/h1-2,4-5,11,16H,3,6-10H2,(H,17,18). The SMILES string of the molecule is O=C(O)C1(CC2COc3ccccc32)CCCNC1. The van der Waals surface area contributed by atoms with Crippen LogP contribution < -0.4 is 10.1 Å². The summed E-state index contributed by atoms with van der Waals surface area (Å²) in [7, 11) is 0. The number of benzene rings is 1. The van der Waals surface area contributed by atoms with Crippen LogP contribution in [0, 0.1) is 5.41 Å². The zero-order valence-electron chi connectivity index (χ0n) is 10.9. The Morgan fingerprint density at radius 1 is 1.47 bits per heavy atom. The van der Waals surface area contributed by atoms with Gasteiger partial charge in [-0.1, -0.05) is 18.2 Å². The van der Waals surface area contributed by atoms with E-state index >= 15 is 0 Å². The van der Waals surface area contributed by atoms with Gasteiger partial charge in [0.05, 0.1) is 12.0 Å². The van der Waals surface area contributed by atoms with Gasteiger partial charge < -0.3 is 15.2 Å². The lowest BCUT2D eigenvalue weighted by molar-refractivity contribution is -0.151. The van der Waals surface area contributed by atoms with Crippen molar-refractivity contribution in [2.75, 3.05) is 19.7 Å². The second-order valence-corrected chi connectivity index (χ2v) is 5.62. The molecule has 2 heterocycles. The van der Waals surface area contributed by atoms with Gasteiger partial charge in [0.1, 0.15) is 5.75 Å². The molecule has 0 aliphatic carbocycles. The fourth-order valence-electron chi connectivity index (χ4n) is 3.28. The molecule has 1 aromatic rings. The van der Waals surface area contributed by atoms with Crippen LogP contribution in [0.5, 0.6) is 5.75 Å². The minimum Gasteiger partial charge on any atom is -0.493 e. The van der Waals surface area contributed by atoms with Crippen LogP contribution in [0.15, 0.2) is 24.3 Å². The largest absolute Gasteiger partial charge is 0.493 e. The fraction of sp³-hybridized carbons (Fsp3) is 0.533. The third kappa shape index (κ3) is 2.21. The van der Waals surface area contributed by atoms with E-state index in [0.717, 1.165) is 30.7 Å². The van der Waals surface area contributed by atoms with E-state index in [1.165, 1.54) is 0 Å². The first-order valence-corrected chi connectivity index (χ1v) is 6.87. The Labute approximate surface area is 112 Å². The molecule has 1 fully saturated rings. The molecule has 1 aromatic carbocycles. The van der Waals surface area contributed by atoms with Crippen molar-refractivity contribution in [2.45, 2.75) is 25.2 Å². The number of carboxylic acids is 1. The van der Waals surface area contributed by atoms with Gasteiger partial charge in [-0.15, -0.1) is 0 Å².